The summed E-state index contributed by atoms with van der Waals surface area (Å²) in [5, 5.41) is 3.14. The molecule has 0 bridgehead atoms. The van der Waals surface area contributed by atoms with Crippen LogP contribution >= 0.6 is 0 Å². The Kier molecular flexibility index (Phi) is 4.29. The Hall–Kier alpha value is -1.75. The highest BCUT2D eigenvalue weighted by molar-refractivity contribution is 5.82. The molecule has 1 aliphatic carbocycles. The van der Waals surface area contributed by atoms with Crippen molar-refractivity contribution in [1.82, 2.24) is 5.32 Å². The van der Waals surface area contributed by atoms with Crippen LogP contribution in [-0.4, -0.2) is 31.6 Å². The molecular formula is C16H23N3O2. The number of nitrogens with two attached hydrogens (primary N) is 1. The van der Waals surface area contributed by atoms with Gasteiger partial charge in [-0.3, -0.25) is 4.79 Å². The molecule has 0 spiro atoms. The van der Waals surface area contributed by atoms with Gasteiger partial charge >= 0.3 is 0 Å². The number of nitrogens with one attached hydrogen (secondary N) is 1. The van der Waals surface area contributed by atoms with E-state index in [0.717, 1.165) is 36.4 Å². The molecule has 0 atom stereocenters. The maximum absolute atomic E-state index is 12.2. The van der Waals surface area contributed by atoms with Crippen molar-refractivity contribution in [3.8, 4) is 5.75 Å². The number of amides is 1. The Morgan fingerprint density at radius 2 is 2.19 bits per heavy atom. The Labute approximate surface area is 125 Å². The van der Waals surface area contributed by atoms with E-state index in [9.17, 15) is 4.79 Å². The second-order valence-electron chi connectivity index (χ2n) is 5.83. The number of anilines is 1. The van der Waals surface area contributed by atoms with Crippen molar-refractivity contribution in [2.24, 2.45) is 5.73 Å². The molecule has 1 aromatic carbocycles. The third kappa shape index (κ3) is 3.29. The van der Waals surface area contributed by atoms with E-state index in [-0.39, 0.29) is 5.91 Å². The summed E-state index contributed by atoms with van der Waals surface area (Å²) >= 11 is 0. The number of fused-ring (bicyclic) bond motifs is 1. The first-order valence-corrected chi connectivity index (χ1v) is 7.76. The standard InChI is InChI=1S/C16H23N3O2/c17-10-12-5-6-14-15(9-12)21-8-7-19(14)11-16(20)18-13-3-1-2-4-13/h5-6,9,13H,1-4,7-8,10-11,17H2,(H,18,20). The molecule has 1 heterocycles. The molecule has 1 amide bonds. The van der Waals surface area contributed by atoms with E-state index in [1.807, 2.05) is 18.2 Å². The number of ether oxygens (including phenoxy) is 1. The van der Waals surface area contributed by atoms with Crippen LogP contribution in [0.5, 0.6) is 5.75 Å². The highest BCUT2D eigenvalue weighted by Gasteiger charge is 2.22. The minimum absolute atomic E-state index is 0.109. The molecular weight excluding hydrogens is 266 g/mol. The van der Waals surface area contributed by atoms with Crippen molar-refractivity contribution >= 4 is 11.6 Å². The number of hydrogen-bond acceptors (Lipinski definition) is 4. The van der Waals surface area contributed by atoms with Gasteiger partial charge in [-0.1, -0.05) is 18.9 Å². The zero-order chi connectivity index (χ0) is 14.7. The van der Waals surface area contributed by atoms with Gasteiger partial charge in [0, 0.05) is 12.6 Å². The van der Waals surface area contributed by atoms with Gasteiger partial charge in [0.1, 0.15) is 12.4 Å². The molecule has 2 aliphatic rings. The van der Waals surface area contributed by atoms with Crippen molar-refractivity contribution in [2.45, 2.75) is 38.3 Å². The van der Waals surface area contributed by atoms with Crippen LogP contribution in [-0.2, 0) is 11.3 Å². The lowest BCUT2D eigenvalue weighted by Crippen LogP contribution is -2.43. The quantitative estimate of drug-likeness (QED) is 0.879. The largest absolute Gasteiger partial charge is 0.490 e. The summed E-state index contributed by atoms with van der Waals surface area (Å²) in [4.78, 5) is 14.3. The molecule has 5 heteroatoms. The Morgan fingerprint density at radius 1 is 1.38 bits per heavy atom. The van der Waals surface area contributed by atoms with Gasteiger partial charge in [-0.25, -0.2) is 0 Å². The van der Waals surface area contributed by atoms with Gasteiger partial charge in [0.25, 0.3) is 0 Å². The van der Waals surface area contributed by atoms with Gasteiger partial charge in [0.2, 0.25) is 5.91 Å². The van der Waals surface area contributed by atoms with Crippen LogP contribution in [0.2, 0.25) is 0 Å². The molecule has 1 aromatic rings. The number of rotatable bonds is 4. The summed E-state index contributed by atoms with van der Waals surface area (Å²) in [6.07, 6.45) is 4.69. The molecule has 21 heavy (non-hydrogen) atoms. The average Bonchev–Trinajstić information content (AvgIpc) is 2.99. The van der Waals surface area contributed by atoms with Crippen molar-refractivity contribution in [3.63, 3.8) is 0 Å². The molecule has 1 fully saturated rings. The third-order valence-corrected chi connectivity index (χ3v) is 4.27. The van der Waals surface area contributed by atoms with Crippen molar-refractivity contribution < 1.29 is 9.53 Å². The van der Waals surface area contributed by atoms with Gasteiger partial charge in [0.15, 0.2) is 0 Å². The maximum Gasteiger partial charge on any atom is 0.239 e. The molecule has 3 N–H and O–H groups in total. The van der Waals surface area contributed by atoms with Crippen LogP contribution in [0, 0.1) is 0 Å². The molecule has 0 unspecified atom stereocenters. The fraction of sp³-hybridized carbons (Fsp3) is 0.562. The van der Waals surface area contributed by atoms with Crippen LogP contribution in [0.15, 0.2) is 18.2 Å². The average molecular weight is 289 g/mol. The fourth-order valence-corrected chi connectivity index (χ4v) is 3.13. The van der Waals surface area contributed by atoms with Crippen molar-refractivity contribution in [1.29, 1.82) is 0 Å². The van der Waals surface area contributed by atoms with E-state index in [4.69, 9.17) is 10.5 Å². The Balaban J connectivity index is 1.65. The predicted molar refractivity (Wildman–Crippen MR) is 82.4 cm³/mol. The summed E-state index contributed by atoms with van der Waals surface area (Å²) in [7, 11) is 0. The highest BCUT2D eigenvalue weighted by Crippen LogP contribution is 2.32. The van der Waals surface area contributed by atoms with E-state index in [1.54, 1.807) is 0 Å². The fourth-order valence-electron chi connectivity index (χ4n) is 3.13. The lowest BCUT2D eigenvalue weighted by Gasteiger charge is -2.31. The van der Waals surface area contributed by atoms with Gasteiger partial charge in [0.05, 0.1) is 18.8 Å². The SMILES string of the molecule is NCc1ccc2c(c1)OCCN2CC(=O)NC1CCCC1. The minimum Gasteiger partial charge on any atom is -0.490 e. The van der Waals surface area contributed by atoms with E-state index in [0.29, 0.717) is 25.7 Å². The summed E-state index contributed by atoms with van der Waals surface area (Å²) in [6, 6.07) is 6.34. The maximum atomic E-state index is 12.2. The van der Waals surface area contributed by atoms with Gasteiger partial charge in [-0.05, 0) is 30.5 Å². The van der Waals surface area contributed by atoms with Crippen LogP contribution in [0.3, 0.4) is 0 Å². The normalized spacial score (nSPS) is 18.2. The molecule has 3 rings (SSSR count). The van der Waals surface area contributed by atoms with E-state index in [2.05, 4.69) is 10.2 Å². The number of carbonyl (C=O) groups is 1. The number of carbonyl (C=O) groups excluding carboxylic acids is 1. The van der Waals surface area contributed by atoms with Crippen LogP contribution in [0.1, 0.15) is 31.2 Å². The Morgan fingerprint density at radius 3 is 2.95 bits per heavy atom. The minimum atomic E-state index is 0.109. The van der Waals surface area contributed by atoms with Crippen LogP contribution in [0.25, 0.3) is 0 Å². The smallest absolute Gasteiger partial charge is 0.239 e. The van der Waals surface area contributed by atoms with Crippen LogP contribution < -0.4 is 20.7 Å². The second-order valence-corrected chi connectivity index (χ2v) is 5.83. The molecule has 0 radical (unpaired) electrons. The molecule has 114 valence electrons. The van der Waals surface area contributed by atoms with Crippen molar-refractivity contribution in [2.75, 3.05) is 24.6 Å². The monoisotopic (exact) mass is 289 g/mol. The second kappa shape index (κ2) is 6.35. The summed E-state index contributed by atoms with van der Waals surface area (Å²) in [5.74, 6) is 0.940. The molecule has 5 nitrogen and oxygen atoms in total. The van der Waals surface area contributed by atoms with E-state index < -0.39 is 0 Å². The first-order valence-electron chi connectivity index (χ1n) is 7.76. The predicted octanol–water partition coefficient (Wildman–Crippen LogP) is 1.40. The molecule has 0 saturated heterocycles. The number of benzene rings is 1. The van der Waals surface area contributed by atoms with E-state index >= 15 is 0 Å². The zero-order valence-corrected chi connectivity index (χ0v) is 12.3. The van der Waals surface area contributed by atoms with Crippen molar-refractivity contribution in [3.05, 3.63) is 23.8 Å². The van der Waals surface area contributed by atoms with Crippen LogP contribution in [0.4, 0.5) is 5.69 Å². The zero-order valence-electron chi connectivity index (χ0n) is 12.3. The number of nitrogens with zero attached hydrogens (tertiary/aromatic N) is 1. The van der Waals surface area contributed by atoms with Gasteiger partial charge < -0.3 is 20.7 Å². The van der Waals surface area contributed by atoms with Gasteiger partial charge in [-0.15, -0.1) is 0 Å². The summed E-state index contributed by atoms with van der Waals surface area (Å²) < 4.78 is 5.68. The molecule has 1 aliphatic heterocycles. The summed E-state index contributed by atoms with van der Waals surface area (Å²) in [5.41, 5.74) is 7.69. The lowest BCUT2D eigenvalue weighted by molar-refractivity contribution is -0.120. The molecule has 0 aromatic heterocycles. The first kappa shape index (κ1) is 14.2. The summed E-state index contributed by atoms with van der Waals surface area (Å²) in [6.45, 7) is 2.25. The topological polar surface area (TPSA) is 67.6 Å². The first-order chi connectivity index (χ1) is 10.3. The lowest BCUT2D eigenvalue weighted by atomic mass is 10.1. The third-order valence-electron chi connectivity index (χ3n) is 4.27. The Bertz CT molecular complexity index is 512. The van der Waals surface area contributed by atoms with Gasteiger partial charge in [-0.2, -0.15) is 0 Å². The molecule has 1 saturated carbocycles. The van der Waals surface area contributed by atoms with E-state index in [1.165, 1.54) is 12.8 Å². The highest BCUT2D eigenvalue weighted by atomic mass is 16.5. The number of hydrogen-bond donors (Lipinski definition) is 2.